The van der Waals surface area contributed by atoms with Crippen LogP contribution in [0.15, 0.2) is 72.8 Å². The lowest BCUT2D eigenvalue weighted by molar-refractivity contribution is 1.49. The third kappa shape index (κ3) is 1.92. The van der Waals surface area contributed by atoms with Crippen LogP contribution in [0.2, 0.25) is 0 Å². The molecule has 0 radical (unpaired) electrons. The van der Waals surface area contributed by atoms with E-state index in [0.29, 0.717) is 0 Å². The Labute approximate surface area is 131 Å². The minimum Gasteiger partial charge on any atom is -0.0622 e. The third-order valence-electron chi connectivity index (χ3n) is 4.47. The average molecular weight is 282 g/mol. The van der Waals surface area contributed by atoms with Crippen LogP contribution in [0.5, 0.6) is 0 Å². The van der Waals surface area contributed by atoms with Gasteiger partial charge in [-0.15, -0.1) is 0 Å². The van der Waals surface area contributed by atoms with Gasteiger partial charge in [0.05, 0.1) is 0 Å². The van der Waals surface area contributed by atoms with E-state index < -0.39 is 0 Å². The molecule has 4 aliphatic carbocycles. The van der Waals surface area contributed by atoms with Crippen molar-refractivity contribution in [3.63, 3.8) is 0 Å². The zero-order chi connectivity index (χ0) is 15.1. The summed E-state index contributed by atoms with van der Waals surface area (Å²) >= 11 is 0. The molecule has 0 bridgehead atoms. The Morgan fingerprint density at radius 1 is 0.500 bits per heavy atom. The Morgan fingerprint density at radius 3 is 1.36 bits per heavy atom. The second-order valence-electron chi connectivity index (χ2n) is 5.96. The van der Waals surface area contributed by atoms with E-state index in [1.165, 1.54) is 44.5 Å². The molecule has 4 aliphatic rings. The van der Waals surface area contributed by atoms with Crippen molar-refractivity contribution in [3.05, 3.63) is 83.9 Å². The van der Waals surface area contributed by atoms with Gasteiger partial charge in [0.15, 0.2) is 0 Å². The maximum absolute atomic E-state index is 2.30. The number of aryl methyl sites for hydroxylation is 2. The topological polar surface area (TPSA) is 0 Å². The van der Waals surface area contributed by atoms with Crippen LogP contribution in [0, 0.1) is 13.8 Å². The van der Waals surface area contributed by atoms with Crippen molar-refractivity contribution in [1.29, 1.82) is 0 Å². The fourth-order valence-corrected chi connectivity index (χ4v) is 3.53. The number of fused-ring (bicyclic) bond motifs is 2. The molecule has 0 N–H and O–H groups in total. The summed E-state index contributed by atoms with van der Waals surface area (Å²) in [5, 5.41) is 0. The minimum atomic E-state index is 1.31. The Bertz CT molecular complexity index is 825. The van der Waals surface area contributed by atoms with Crippen molar-refractivity contribution in [1.82, 2.24) is 0 Å². The molecule has 0 atom stereocenters. The van der Waals surface area contributed by atoms with Gasteiger partial charge in [0, 0.05) is 0 Å². The van der Waals surface area contributed by atoms with Gasteiger partial charge in [-0.25, -0.2) is 0 Å². The molecule has 0 spiro atoms. The number of hydrogen-bond acceptors (Lipinski definition) is 0. The maximum atomic E-state index is 2.30. The normalized spacial score (nSPS) is 11.2. The van der Waals surface area contributed by atoms with E-state index in [2.05, 4.69) is 86.6 Å². The summed E-state index contributed by atoms with van der Waals surface area (Å²) in [6.07, 6.45) is 0. The van der Waals surface area contributed by atoms with Crippen LogP contribution in [0.1, 0.15) is 11.1 Å². The average Bonchev–Trinajstić information content (AvgIpc) is 2.78. The maximum Gasteiger partial charge on any atom is -0.00670 e. The molecule has 4 rings (SSSR count). The van der Waals surface area contributed by atoms with Crippen molar-refractivity contribution in [2.24, 2.45) is 0 Å². The van der Waals surface area contributed by atoms with Crippen molar-refractivity contribution in [2.75, 3.05) is 0 Å². The molecule has 0 aromatic heterocycles. The van der Waals surface area contributed by atoms with E-state index in [9.17, 15) is 0 Å². The molecule has 0 aromatic carbocycles. The minimum absolute atomic E-state index is 1.31. The first-order valence-corrected chi connectivity index (χ1v) is 7.73. The molecular formula is C22H18. The van der Waals surface area contributed by atoms with Crippen LogP contribution in [0.25, 0.3) is 33.4 Å². The van der Waals surface area contributed by atoms with Crippen LogP contribution >= 0.6 is 0 Å². The molecule has 0 nitrogen and oxygen atoms in total. The molecule has 0 fully saturated rings. The van der Waals surface area contributed by atoms with E-state index in [-0.39, 0.29) is 0 Å². The third-order valence-corrected chi connectivity index (χ3v) is 4.47. The molecule has 0 saturated heterocycles. The predicted molar refractivity (Wildman–Crippen MR) is 94.6 cm³/mol. The summed E-state index contributed by atoms with van der Waals surface area (Å²) in [6.45, 7) is 4.44. The van der Waals surface area contributed by atoms with Crippen LogP contribution in [0.4, 0.5) is 0 Å². The molecule has 22 heavy (non-hydrogen) atoms. The van der Waals surface area contributed by atoms with Crippen molar-refractivity contribution < 1.29 is 0 Å². The second-order valence-corrected chi connectivity index (χ2v) is 5.96. The largest absolute Gasteiger partial charge is 0.0622 e. The Hall–Kier alpha value is -2.60. The van der Waals surface area contributed by atoms with Crippen LogP contribution in [0.3, 0.4) is 0 Å². The molecule has 0 aromatic rings. The monoisotopic (exact) mass is 282 g/mol. The van der Waals surface area contributed by atoms with E-state index in [4.69, 9.17) is 0 Å². The van der Waals surface area contributed by atoms with E-state index >= 15 is 0 Å². The van der Waals surface area contributed by atoms with Gasteiger partial charge in [-0.3, -0.25) is 0 Å². The highest BCUT2D eigenvalue weighted by Gasteiger charge is 2.20. The highest BCUT2D eigenvalue weighted by atomic mass is 14.2. The quantitative estimate of drug-likeness (QED) is 0.391. The highest BCUT2D eigenvalue weighted by molar-refractivity contribution is 5.98. The highest BCUT2D eigenvalue weighted by Crippen LogP contribution is 2.46. The molecule has 106 valence electrons. The van der Waals surface area contributed by atoms with Gasteiger partial charge in [-0.2, -0.15) is 0 Å². The van der Waals surface area contributed by atoms with Crippen molar-refractivity contribution in [2.45, 2.75) is 13.8 Å². The van der Waals surface area contributed by atoms with Gasteiger partial charge >= 0.3 is 0 Å². The van der Waals surface area contributed by atoms with E-state index in [1.807, 2.05) is 0 Å². The Morgan fingerprint density at radius 2 is 0.909 bits per heavy atom. The first-order chi connectivity index (χ1) is 10.8. The first-order valence-electron chi connectivity index (χ1n) is 7.73. The number of hydrogen-bond donors (Lipinski definition) is 0. The zero-order valence-corrected chi connectivity index (χ0v) is 12.9. The molecule has 0 unspecified atom stereocenters. The van der Waals surface area contributed by atoms with Crippen molar-refractivity contribution in [3.8, 4) is 33.4 Å². The molecule has 0 heterocycles. The Kier molecular flexibility index (Phi) is 2.97. The van der Waals surface area contributed by atoms with Crippen LogP contribution < -0.4 is 0 Å². The standard InChI is InChI=1S/C22H18/c1-15-13-17-9-5-3-7-11-19(17)21(15)22-16(2)14-18-10-6-4-8-12-20(18)22/h3-14H,1-2H3. The lowest BCUT2D eigenvalue weighted by Crippen LogP contribution is -1.82. The predicted octanol–water partition coefficient (Wildman–Crippen LogP) is 6.18. The summed E-state index contributed by atoms with van der Waals surface area (Å²) < 4.78 is 0. The number of rotatable bonds is 1. The molecule has 0 heteroatoms. The first kappa shape index (κ1) is 13.1. The molecular weight excluding hydrogens is 264 g/mol. The zero-order valence-electron chi connectivity index (χ0n) is 12.9. The van der Waals surface area contributed by atoms with Gasteiger partial charge in [0.2, 0.25) is 0 Å². The van der Waals surface area contributed by atoms with Gasteiger partial charge < -0.3 is 0 Å². The summed E-state index contributed by atoms with van der Waals surface area (Å²) in [6, 6.07) is 26.1. The summed E-state index contributed by atoms with van der Waals surface area (Å²) in [5.41, 5.74) is 10.8. The van der Waals surface area contributed by atoms with E-state index in [0.717, 1.165) is 0 Å². The molecule has 0 saturated carbocycles. The summed E-state index contributed by atoms with van der Waals surface area (Å²) in [5.74, 6) is 0. The van der Waals surface area contributed by atoms with Gasteiger partial charge in [-0.05, 0) is 58.4 Å². The summed E-state index contributed by atoms with van der Waals surface area (Å²) in [4.78, 5) is 0. The van der Waals surface area contributed by atoms with Crippen molar-refractivity contribution >= 4 is 0 Å². The Balaban J connectivity index is 2.08. The van der Waals surface area contributed by atoms with Crippen LogP contribution in [-0.4, -0.2) is 0 Å². The second kappa shape index (κ2) is 4.99. The van der Waals surface area contributed by atoms with Gasteiger partial charge in [0.1, 0.15) is 0 Å². The molecule has 0 aliphatic heterocycles. The van der Waals surface area contributed by atoms with Crippen LogP contribution in [-0.2, 0) is 0 Å². The van der Waals surface area contributed by atoms with E-state index in [1.54, 1.807) is 0 Å². The smallest absolute Gasteiger partial charge is 0.00670 e. The lowest BCUT2D eigenvalue weighted by Gasteiger charge is -2.07. The summed E-state index contributed by atoms with van der Waals surface area (Å²) in [7, 11) is 0. The van der Waals surface area contributed by atoms with Gasteiger partial charge in [0.25, 0.3) is 0 Å². The fraction of sp³-hybridized carbons (Fsp3) is 0.0909. The lowest BCUT2D eigenvalue weighted by atomic mass is 9.96. The van der Waals surface area contributed by atoms with Gasteiger partial charge in [-0.1, -0.05) is 72.8 Å². The molecule has 0 amide bonds. The SMILES string of the molecule is Cc1cc2cccccc-2c1-c1c(C)cc2cccccc1-2. The fourth-order valence-electron chi connectivity index (χ4n) is 3.53.